The molecule has 3 heteroatoms. The summed E-state index contributed by atoms with van der Waals surface area (Å²) in [6.07, 6.45) is 5.45. The Morgan fingerprint density at radius 1 is 1.62 bits per heavy atom. The first-order valence-electron chi connectivity index (χ1n) is 4.94. The van der Waals surface area contributed by atoms with Crippen LogP contribution in [0.4, 0.5) is 0 Å². The molecule has 1 unspecified atom stereocenters. The molecule has 0 aliphatic carbocycles. The molecule has 0 amide bonds. The van der Waals surface area contributed by atoms with Crippen molar-refractivity contribution in [2.75, 3.05) is 6.54 Å². The standard InChI is InChI=1S/C10H18N2S/c1-3-4-9(2)11-6-5-10-12-7-8-13-10/h7-9,11H,3-6H2,1-2H3. The highest BCUT2D eigenvalue weighted by Crippen LogP contribution is 2.04. The van der Waals surface area contributed by atoms with Crippen LogP contribution in [0, 0.1) is 0 Å². The Hall–Kier alpha value is -0.410. The molecule has 13 heavy (non-hydrogen) atoms. The zero-order chi connectivity index (χ0) is 9.52. The molecule has 2 nitrogen and oxygen atoms in total. The van der Waals surface area contributed by atoms with Gasteiger partial charge in [0, 0.05) is 30.6 Å². The molecule has 1 rings (SSSR count). The molecule has 0 saturated heterocycles. The molecule has 0 aliphatic rings. The summed E-state index contributed by atoms with van der Waals surface area (Å²) in [5.74, 6) is 0. The van der Waals surface area contributed by atoms with Gasteiger partial charge in [0.15, 0.2) is 0 Å². The van der Waals surface area contributed by atoms with Gasteiger partial charge in [-0.1, -0.05) is 13.3 Å². The summed E-state index contributed by atoms with van der Waals surface area (Å²) in [5, 5.41) is 6.75. The van der Waals surface area contributed by atoms with Crippen molar-refractivity contribution in [2.45, 2.75) is 39.2 Å². The van der Waals surface area contributed by atoms with Crippen molar-refractivity contribution in [3.8, 4) is 0 Å². The summed E-state index contributed by atoms with van der Waals surface area (Å²) >= 11 is 1.74. The lowest BCUT2D eigenvalue weighted by Gasteiger charge is -2.11. The average molecular weight is 198 g/mol. The molecule has 74 valence electrons. The van der Waals surface area contributed by atoms with E-state index in [0.29, 0.717) is 6.04 Å². The van der Waals surface area contributed by atoms with Crippen LogP contribution in [0.25, 0.3) is 0 Å². The van der Waals surface area contributed by atoms with Crippen molar-refractivity contribution < 1.29 is 0 Å². The van der Waals surface area contributed by atoms with Crippen LogP contribution in [0.5, 0.6) is 0 Å². The third kappa shape index (κ3) is 4.39. The smallest absolute Gasteiger partial charge is 0.0937 e. The lowest BCUT2D eigenvalue weighted by molar-refractivity contribution is 0.512. The molecule has 1 atom stereocenters. The molecule has 0 radical (unpaired) electrons. The first-order chi connectivity index (χ1) is 6.33. The maximum Gasteiger partial charge on any atom is 0.0937 e. The number of hydrogen-bond acceptors (Lipinski definition) is 3. The van der Waals surface area contributed by atoms with Gasteiger partial charge in [0.1, 0.15) is 0 Å². The van der Waals surface area contributed by atoms with Crippen molar-refractivity contribution in [3.63, 3.8) is 0 Å². The lowest BCUT2D eigenvalue weighted by Crippen LogP contribution is -2.27. The van der Waals surface area contributed by atoms with Gasteiger partial charge in [-0.25, -0.2) is 4.98 Å². The Morgan fingerprint density at radius 2 is 2.46 bits per heavy atom. The Morgan fingerprint density at radius 3 is 3.08 bits per heavy atom. The Labute approximate surface area is 84.4 Å². The van der Waals surface area contributed by atoms with E-state index in [1.54, 1.807) is 11.3 Å². The average Bonchev–Trinajstić information content (AvgIpc) is 2.57. The van der Waals surface area contributed by atoms with E-state index in [9.17, 15) is 0 Å². The van der Waals surface area contributed by atoms with Crippen LogP contribution in [-0.2, 0) is 6.42 Å². The number of rotatable bonds is 6. The monoisotopic (exact) mass is 198 g/mol. The Balaban J connectivity index is 2.07. The number of nitrogens with zero attached hydrogens (tertiary/aromatic N) is 1. The molecule has 1 aromatic heterocycles. The third-order valence-corrected chi connectivity index (χ3v) is 2.88. The van der Waals surface area contributed by atoms with E-state index in [0.717, 1.165) is 13.0 Å². The number of thiazole rings is 1. The molecule has 0 saturated carbocycles. The molecular formula is C10H18N2S. The molecule has 1 heterocycles. The van der Waals surface area contributed by atoms with Crippen LogP contribution in [0.2, 0.25) is 0 Å². The van der Waals surface area contributed by atoms with Crippen molar-refractivity contribution in [2.24, 2.45) is 0 Å². The fourth-order valence-corrected chi connectivity index (χ4v) is 1.96. The molecule has 0 spiro atoms. The fourth-order valence-electron chi connectivity index (χ4n) is 1.34. The van der Waals surface area contributed by atoms with E-state index in [-0.39, 0.29) is 0 Å². The van der Waals surface area contributed by atoms with E-state index < -0.39 is 0 Å². The second-order valence-corrected chi connectivity index (χ2v) is 4.30. The largest absolute Gasteiger partial charge is 0.314 e. The van der Waals surface area contributed by atoms with Crippen LogP contribution in [0.15, 0.2) is 11.6 Å². The van der Waals surface area contributed by atoms with Gasteiger partial charge < -0.3 is 5.32 Å². The molecule has 1 N–H and O–H groups in total. The summed E-state index contributed by atoms with van der Waals surface area (Å²) < 4.78 is 0. The molecule has 0 fully saturated rings. The molecular weight excluding hydrogens is 180 g/mol. The molecule has 0 aromatic carbocycles. The van der Waals surface area contributed by atoms with Crippen LogP contribution < -0.4 is 5.32 Å². The van der Waals surface area contributed by atoms with Crippen molar-refractivity contribution in [3.05, 3.63) is 16.6 Å². The molecule has 1 aromatic rings. The minimum atomic E-state index is 0.643. The maximum absolute atomic E-state index is 4.24. The van der Waals surface area contributed by atoms with Crippen LogP contribution in [0.3, 0.4) is 0 Å². The van der Waals surface area contributed by atoms with E-state index in [4.69, 9.17) is 0 Å². The lowest BCUT2D eigenvalue weighted by atomic mass is 10.2. The summed E-state index contributed by atoms with van der Waals surface area (Å²) in [6.45, 7) is 5.51. The van der Waals surface area contributed by atoms with Crippen LogP contribution >= 0.6 is 11.3 Å². The van der Waals surface area contributed by atoms with Crippen LogP contribution in [0.1, 0.15) is 31.7 Å². The fraction of sp³-hybridized carbons (Fsp3) is 0.700. The summed E-state index contributed by atoms with van der Waals surface area (Å²) in [7, 11) is 0. The van der Waals surface area contributed by atoms with E-state index in [2.05, 4.69) is 24.1 Å². The van der Waals surface area contributed by atoms with E-state index in [1.165, 1.54) is 17.8 Å². The quantitative estimate of drug-likeness (QED) is 0.759. The van der Waals surface area contributed by atoms with Gasteiger partial charge in [-0.2, -0.15) is 0 Å². The predicted octanol–water partition coefficient (Wildman–Crippen LogP) is 2.46. The maximum atomic E-state index is 4.24. The SMILES string of the molecule is CCCC(C)NCCc1nccs1. The zero-order valence-electron chi connectivity index (χ0n) is 8.42. The topological polar surface area (TPSA) is 24.9 Å². The number of nitrogens with one attached hydrogen (secondary N) is 1. The van der Waals surface area contributed by atoms with Gasteiger partial charge in [-0.3, -0.25) is 0 Å². The predicted molar refractivity (Wildman–Crippen MR) is 58.2 cm³/mol. The zero-order valence-corrected chi connectivity index (χ0v) is 9.23. The highest BCUT2D eigenvalue weighted by atomic mass is 32.1. The van der Waals surface area contributed by atoms with Crippen molar-refractivity contribution in [1.82, 2.24) is 10.3 Å². The minimum absolute atomic E-state index is 0.643. The summed E-state index contributed by atoms with van der Waals surface area (Å²) in [6, 6.07) is 0.643. The normalized spacial score (nSPS) is 13.1. The van der Waals surface area contributed by atoms with E-state index >= 15 is 0 Å². The van der Waals surface area contributed by atoms with Gasteiger partial charge in [0.05, 0.1) is 5.01 Å². The summed E-state index contributed by atoms with van der Waals surface area (Å²) in [4.78, 5) is 4.24. The van der Waals surface area contributed by atoms with Gasteiger partial charge in [-0.05, 0) is 13.3 Å². The highest BCUT2D eigenvalue weighted by molar-refractivity contribution is 7.09. The van der Waals surface area contributed by atoms with Gasteiger partial charge in [-0.15, -0.1) is 11.3 Å². The second kappa shape index (κ2) is 6.11. The first kappa shape index (κ1) is 10.7. The molecule has 0 bridgehead atoms. The molecule has 0 aliphatic heterocycles. The van der Waals surface area contributed by atoms with Crippen LogP contribution in [-0.4, -0.2) is 17.6 Å². The van der Waals surface area contributed by atoms with E-state index in [1.807, 2.05) is 11.6 Å². The Bertz CT molecular complexity index is 209. The van der Waals surface area contributed by atoms with Gasteiger partial charge >= 0.3 is 0 Å². The van der Waals surface area contributed by atoms with Gasteiger partial charge in [0.2, 0.25) is 0 Å². The Kier molecular flexibility index (Phi) is 5.01. The third-order valence-electron chi connectivity index (χ3n) is 2.04. The summed E-state index contributed by atoms with van der Waals surface area (Å²) in [5.41, 5.74) is 0. The number of hydrogen-bond donors (Lipinski definition) is 1. The first-order valence-corrected chi connectivity index (χ1v) is 5.82. The number of aromatic nitrogens is 1. The second-order valence-electron chi connectivity index (χ2n) is 3.32. The van der Waals surface area contributed by atoms with Gasteiger partial charge in [0.25, 0.3) is 0 Å². The van der Waals surface area contributed by atoms with Crippen molar-refractivity contribution >= 4 is 11.3 Å². The highest BCUT2D eigenvalue weighted by Gasteiger charge is 1.99. The minimum Gasteiger partial charge on any atom is -0.314 e. The van der Waals surface area contributed by atoms with Crippen molar-refractivity contribution in [1.29, 1.82) is 0 Å².